The van der Waals surface area contributed by atoms with Crippen LogP contribution in [-0.2, 0) is 11.3 Å². The number of esters is 1. The smallest absolute Gasteiger partial charge is 0.343 e. The van der Waals surface area contributed by atoms with Crippen molar-refractivity contribution in [2.75, 3.05) is 20.8 Å². The number of aliphatic hydroxyl groups is 1. The maximum Gasteiger partial charge on any atom is 0.343 e. The van der Waals surface area contributed by atoms with Gasteiger partial charge in [-0.2, -0.15) is 0 Å². The zero-order valence-corrected chi connectivity index (χ0v) is 23.5. The number of aliphatic hydroxyl groups excluding tert-OH is 1. The Morgan fingerprint density at radius 1 is 1.09 bits per heavy atom. The highest BCUT2D eigenvalue weighted by atomic mass is 28.4. The number of ether oxygens (including phenoxy) is 2. The molecule has 0 radical (unpaired) electrons. The van der Waals surface area contributed by atoms with Gasteiger partial charge in [0.2, 0.25) is 0 Å². The minimum absolute atomic E-state index is 0.0446. The van der Waals surface area contributed by atoms with E-state index < -0.39 is 14.3 Å². The van der Waals surface area contributed by atoms with Crippen LogP contribution in [0.2, 0.25) is 18.1 Å². The number of fused-ring (bicyclic) bond motifs is 1. The Balaban J connectivity index is 2.22. The van der Waals surface area contributed by atoms with Gasteiger partial charge >= 0.3 is 5.97 Å². The molecule has 0 aliphatic rings. The molecule has 0 amide bonds. The predicted octanol–water partition coefficient (Wildman–Crippen LogP) is 6.27. The first-order valence-corrected chi connectivity index (χ1v) is 15.0. The van der Waals surface area contributed by atoms with Crippen molar-refractivity contribution in [1.29, 1.82) is 0 Å². The van der Waals surface area contributed by atoms with E-state index in [0.29, 0.717) is 17.9 Å². The molecule has 35 heavy (non-hydrogen) atoms. The van der Waals surface area contributed by atoms with Crippen LogP contribution in [0.1, 0.15) is 60.9 Å². The normalized spacial score (nSPS) is 13.1. The van der Waals surface area contributed by atoms with E-state index in [0.717, 1.165) is 33.5 Å². The lowest BCUT2D eigenvalue weighted by Gasteiger charge is -2.36. The van der Waals surface area contributed by atoms with Gasteiger partial charge in [0.05, 0.1) is 26.5 Å². The standard InChI is InChI=1S/C28H39NO5Si/c1-18(20-10-11-22-17-23(32-6)13-12-21(22)16-20)25-24(27(31)33-7)26(19(2)29(25)14-15-30)34-35(8,9)28(3,4)5/h10-13,16-18,30H,14-15H2,1-9H3/t18-/m0/s1. The van der Waals surface area contributed by atoms with Crippen molar-refractivity contribution in [3.63, 3.8) is 0 Å². The van der Waals surface area contributed by atoms with E-state index in [1.54, 1.807) is 7.11 Å². The fourth-order valence-corrected chi connectivity index (χ4v) is 5.27. The highest BCUT2D eigenvalue weighted by Gasteiger charge is 2.42. The molecule has 0 fully saturated rings. The maximum absolute atomic E-state index is 13.2. The van der Waals surface area contributed by atoms with E-state index in [9.17, 15) is 9.90 Å². The monoisotopic (exact) mass is 497 g/mol. The van der Waals surface area contributed by atoms with E-state index in [1.807, 2.05) is 29.7 Å². The number of hydrogen-bond acceptors (Lipinski definition) is 5. The van der Waals surface area contributed by atoms with Crippen molar-refractivity contribution in [2.24, 2.45) is 0 Å². The molecule has 2 aromatic carbocycles. The fraction of sp³-hybridized carbons (Fsp3) is 0.464. The van der Waals surface area contributed by atoms with Crippen molar-refractivity contribution < 1.29 is 23.8 Å². The van der Waals surface area contributed by atoms with Crippen LogP contribution >= 0.6 is 0 Å². The molecule has 1 aromatic heterocycles. The Morgan fingerprint density at radius 3 is 2.29 bits per heavy atom. The second-order valence-electron chi connectivity index (χ2n) is 10.6. The van der Waals surface area contributed by atoms with Gasteiger partial charge in [0.15, 0.2) is 0 Å². The molecule has 6 nitrogen and oxygen atoms in total. The number of carbonyl (C=O) groups excluding carboxylic acids is 1. The van der Waals surface area contributed by atoms with E-state index in [1.165, 1.54) is 7.11 Å². The molecule has 0 aliphatic heterocycles. The van der Waals surface area contributed by atoms with Gasteiger partial charge in [0.25, 0.3) is 8.32 Å². The summed E-state index contributed by atoms with van der Waals surface area (Å²) in [4.78, 5) is 13.2. The summed E-state index contributed by atoms with van der Waals surface area (Å²) in [6, 6.07) is 12.3. The third-order valence-electron chi connectivity index (χ3n) is 7.37. The summed E-state index contributed by atoms with van der Waals surface area (Å²) < 4.78 is 19.3. The second kappa shape index (κ2) is 10.1. The third-order valence-corrected chi connectivity index (χ3v) is 11.7. The average molecular weight is 498 g/mol. The summed E-state index contributed by atoms with van der Waals surface area (Å²) in [6.07, 6.45) is 0. The van der Waals surface area contributed by atoms with Crippen LogP contribution in [0.25, 0.3) is 10.8 Å². The van der Waals surface area contributed by atoms with E-state index in [-0.39, 0.29) is 17.6 Å². The molecule has 3 rings (SSSR count). The molecule has 3 aromatic rings. The van der Waals surface area contributed by atoms with E-state index in [4.69, 9.17) is 13.9 Å². The van der Waals surface area contributed by atoms with E-state index >= 15 is 0 Å². The van der Waals surface area contributed by atoms with Crippen molar-refractivity contribution in [3.8, 4) is 11.5 Å². The van der Waals surface area contributed by atoms with Crippen LogP contribution in [0.3, 0.4) is 0 Å². The number of hydrogen-bond donors (Lipinski definition) is 1. The minimum atomic E-state index is -2.25. The Hall–Kier alpha value is -2.77. The molecule has 0 spiro atoms. The molecule has 1 N–H and O–H groups in total. The summed E-state index contributed by atoms with van der Waals surface area (Å²) in [5.74, 6) is 0.818. The molecular weight excluding hydrogens is 458 g/mol. The van der Waals surface area contributed by atoms with Crippen molar-refractivity contribution in [3.05, 3.63) is 58.9 Å². The molecule has 190 valence electrons. The Labute approximate surface area is 209 Å². The van der Waals surface area contributed by atoms with E-state index in [2.05, 4.69) is 59.0 Å². The molecule has 0 aliphatic carbocycles. The largest absolute Gasteiger partial charge is 0.542 e. The molecule has 0 unspecified atom stereocenters. The number of methoxy groups -OCH3 is 2. The van der Waals surface area contributed by atoms with Gasteiger partial charge in [0, 0.05) is 18.2 Å². The summed E-state index contributed by atoms with van der Waals surface area (Å²) in [5, 5.41) is 12.0. The van der Waals surface area contributed by atoms with Gasteiger partial charge < -0.3 is 23.6 Å². The van der Waals surface area contributed by atoms with Gasteiger partial charge in [-0.25, -0.2) is 4.79 Å². The first-order chi connectivity index (χ1) is 16.4. The van der Waals surface area contributed by atoms with Crippen LogP contribution in [0, 0.1) is 6.92 Å². The molecule has 7 heteroatoms. The number of rotatable bonds is 8. The zero-order valence-electron chi connectivity index (χ0n) is 22.5. The quantitative estimate of drug-likeness (QED) is 0.293. The summed E-state index contributed by atoms with van der Waals surface area (Å²) in [5.41, 5.74) is 3.13. The lowest BCUT2D eigenvalue weighted by molar-refractivity contribution is 0.0596. The molecule has 0 saturated carbocycles. The van der Waals surface area contributed by atoms with Crippen molar-refractivity contribution in [1.82, 2.24) is 4.57 Å². The highest BCUT2D eigenvalue weighted by Crippen LogP contribution is 2.43. The lowest BCUT2D eigenvalue weighted by Crippen LogP contribution is -2.44. The van der Waals surface area contributed by atoms with Crippen molar-refractivity contribution >= 4 is 25.1 Å². The Kier molecular flexibility index (Phi) is 7.72. The lowest BCUT2D eigenvalue weighted by atomic mass is 9.92. The summed E-state index contributed by atoms with van der Waals surface area (Å²) >= 11 is 0. The number of nitrogens with zero attached hydrogens (tertiary/aromatic N) is 1. The number of carbonyl (C=O) groups is 1. The van der Waals surface area contributed by atoms with Crippen LogP contribution in [-0.4, -0.2) is 44.8 Å². The van der Waals surface area contributed by atoms with Crippen LogP contribution in [0.15, 0.2) is 36.4 Å². The van der Waals surface area contributed by atoms with Gasteiger partial charge in [-0.3, -0.25) is 0 Å². The highest BCUT2D eigenvalue weighted by molar-refractivity contribution is 6.74. The van der Waals surface area contributed by atoms with Crippen LogP contribution < -0.4 is 9.16 Å². The number of aromatic nitrogens is 1. The van der Waals surface area contributed by atoms with Crippen LogP contribution in [0.4, 0.5) is 0 Å². The first kappa shape index (κ1) is 26.8. The Morgan fingerprint density at radius 2 is 1.71 bits per heavy atom. The molecule has 0 saturated heterocycles. The Bertz CT molecular complexity index is 1220. The molecule has 1 heterocycles. The zero-order chi connectivity index (χ0) is 26.1. The van der Waals surface area contributed by atoms with Crippen LogP contribution in [0.5, 0.6) is 11.5 Å². The SMILES string of the molecule is COC(=O)c1c(O[Si](C)(C)C(C)(C)C)c(C)n(CCO)c1[C@@H](C)c1ccc2cc(OC)ccc2c1. The minimum Gasteiger partial charge on any atom is -0.542 e. The third kappa shape index (κ3) is 5.11. The summed E-state index contributed by atoms with van der Waals surface area (Å²) in [6.45, 7) is 15.2. The predicted molar refractivity (Wildman–Crippen MR) is 143 cm³/mol. The maximum atomic E-state index is 13.2. The second-order valence-corrected chi connectivity index (χ2v) is 15.3. The first-order valence-electron chi connectivity index (χ1n) is 12.0. The van der Waals surface area contributed by atoms with Gasteiger partial charge in [0.1, 0.15) is 17.1 Å². The molecular formula is C28H39NO5Si. The summed E-state index contributed by atoms with van der Waals surface area (Å²) in [7, 11) is 0.803. The topological polar surface area (TPSA) is 69.9 Å². The van der Waals surface area contributed by atoms with Crippen molar-refractivity contribution in [2.45, 2.75) is 65.2 Å². The molecule has 0 bridgehead atoms. The van der Waals surface area contributed by atoms with Gasteiger partial charge in [-0.15, -0.1) is 0 Å². The van der Waals surface area contributed by atoms with Gasteiger partial charge in [-0.05, 0) is 53.5 Å². The fourth-order valence-electron chi connectivity index (χ4n) is 4.20. The molecule has 1 atom stereocenters. The average Bonchev–Trinajstić information content (AvgIpc) is 3.07. The van der Waals surface area contributed by atoms with Gasteiger partial charge in [-0.1, -0.05) is 52.0 Å². The number of benzene rings is 2.